The number of hydrogen-bond donors (Lipinski definition) is 2. The minimum Gasteiger partial charge on any atom is -0.370 e. The fraction of sp³-hybridized carbons (Fsp3) is 0.188. The summed E-state index contributed by atoms with van der Waals surface area (Å²) in [7, 11) is 0. The van der Waals surface area contributed by atoms with Crippen LogP contribution < -0.4 is 11.1 Å². The number of aromatic nitrogens is 3. The zero-order chi connectivity index (χ0) is 17.1. The molecule has 0 aliphatic carbocycles. The third-order valence-electron chi connectivity index (χ3n) is 3.57. The van der Waals surface area contributed by atoms with Gasteiger partial charge >= 0.3 is 0 Å². The zero-order valence-electron chi connectivity index (χ0n) is 12.9. The molecule has 0 fully saturated rings. The average molecular weight is 363 g/mol. The summed E-state index contributed by atoms with van der Waals surface area (Å²) in [4.78, 5) is 8.58. The van der Waals surface area contributed by atoms with Crippen LogP contribution in [0.15, 0.2) is 47.7 Å². The predicted octanol–water partition coefficient (Wildman–Crippen LogP) is 3.20. The highest BCUT2D eigenvalue weighted by molar-refractivity contribution is 6.35. The molecule has 24 heavy (non-hydrogen) atoms. The zero-order valence-corrected chi connectivity index (χ0v) is 14.5. The van der Waals surface area contributed by atoms with Crippen molar-refractivity contribution in [3.8, 4) is 0 Å². The summed E-state index contributed by atoms with van der Waals surface area (Å²) in [5, 5.41) is 8.52. The Morgan fingerprint density at radius 1 is 1.29 bits per heavy atom. The largest absolute Gasteiger partial charge is 0.370 e. The smallest absolute Gasteiger partial charge is 0.189 e. The molecule has 1 unspecified atom stereocenters. The minimum absolute atomic E-state index is 0.0966. The second-order valence-electron chi connectivity index (χ2n) is 5.27. The van der Waals surface area contributed by atoms with E-state index < -0.39 is 0 Å². The van der Waals surface area contributed by atoms with Crippen molar-refractivity contribution in [1.82, 2.24) is 19.9 Å². The van der Waals surface area contributed by atoms with Gasteiger partial charge < -0.3 is 11.1 Å². The third-order valence-corrected chi connectivity index (χ3v) is 4.14. The van der Waals surface area contributed by atoms with Crippen molar-refractivity contribution in [1.29, 1.82) is 0 Å². The maximum absolute atomic E-state index is 6.21. The predicted molar refractivity (Wildman–Crippen MR) is 96.3 cm³/mol. The number of nitrogens with zero attached hydrogens (tertiary/aromatic N) is 4. The molecule has 0 spiro atoms. The monoisotopic (exact) mass is 362 g/mol. The van der Waals surface area contributed by atoms with Gasteiger partial charge in [-0.25, -0.2) is 14.5 Å². The summed E-state index contributed by atoms with van der Waals surface area (Å²) in [5.74, 6) is 0.325. The van der Waals surface area contributed by atoms with Gasteiger partial charge in [-0.2, -0.15) is 5.10 Å². The molecule has 3 aromatic rings. The van der Waals surface area contributed by atoms with Gasteiger partial charge in [0.15, 0.2) is 11.6 Å². The summed E-state index contributed by atoms with van der Waals surface area (Å²) < 4.78 is 1.73. The highest BCUT2D eigenvalue weighted by Crippen LogP contribution is 2.25. The van der Waals surface area contributed by atoms with E-state index in [1.165, 1.54) is 0 Å². The molecule has 6 nitrogen and oxygen atoms in total. The highest BCUT2D eigenvalue weighted by atomic mass is 35.5. The first-order chi connectivity index (χ1) is 11.5. The minimum atomic E-state index is -0.0966. The number of rotatable bonds is 4. The van der Waals surface area contributed by atoms with Crippen molar-refractivity contribution >= 4 is 34.8 Å². The van der Waals surface area contributed by atoms with Gasteiger partial charge in [0.1, 0.15) is 0 Å². The van der Waals surface area contributed by atoms with Crippen molar-refractivity contribution in [2.45, 2.75) is 19.5 Å². The van der Waals surface area contributed by atoms with Crippen molar-refractivity contribution in [2.24, 2.45) is 10.7 Å². The van der Waals surface area contributed by atoms with Crippen LogP contribution in [0, 0.1) is 0 Å². The van der Waals surface area contributed by atoms with E-state index in [1.54, 1.807) is 29.0 Å². The molecule has 3 N–H and O–H groups in total. The van der Waals surface area contributed by atoms with Gasteiger partial charge in [0.05, 0.1) is 24.5 Å². The number of guanidine groups is 1. The molecule has 8 heteroatoms. The van der Waals surface area contributed by atoms with Gasteiger partial charge in [-0.05, 0) is 30.7 Å². The van der Waals surface area contributed by atoms with Gasteiger partial charge in [0.25, 0.3) is 0 Å². The highest BCUT2D eigenvalue weighted by Gasteiger charge is 2.11. The van der Waals surface area contributed by atoms with Crippen LogP contribution >= 0.6 is 23.2 Å². The van der Waals surface area contributed by atoms with Crippen LogP contribution in [0.1, 0.15) is 24.2 Å². The lowest BCUT2D eigenvalue weighted by Gasteiger charge is -2.16. The van der Waals surface area contributed by atoms with Crippen molar-refractivity contribution in [2.75, 3.05) is 0 Å². The molecule has 0 amide bonds. The number of benzene rings is 1. The van der Waals surface area contributed by atoms with Crippen molar-refractivity contribution < 1.29 is 0 Å². The summed E-state index contributed by atoms with van der Waals surface area (Å²) >= 11 is 12.1. The van der Waals surface area contributed by atoms with Crippen LogP contribution in [0.25, 0.3) is 5.65 Å². The quantitative estimate of drug-likeness (QED) is 0.551. The first-order valence-electron chi connectivity index (χ1n) is 7.33. The van der Waals surface area contributed by atoms with E-state index in [-0.39, 0.29) is 6.04 Å². The lowest BCUT2D eigenvalue weighted by atomic mass is 10.1. The Morgan fingerprint density at radius 2 is 2.12 bits per heavy atom. The number of nitrogens with two attached hydrogens (primary N) is 1. The standard InChI is InChI=1S/C16H16Cl2N6/c1-10(13-3-2-11(17)8-14(13)18)23-16(19)21-9-12-4-6-20-15-5-7-22-24(12)15/h2-8,10H,9H2,1H3,(H3,19,21,23). The van der Waals surface area contributed by atoms with E-state index in [2.05, 4.69) is 20.4 Å². The van der Waals surface area contributed by atoms with Gasteiger partial charge in [-0.3, -0.25) is 0 Å². The number of nitrogens with one attached hydrogen (secondary N) is 1. The number of fused-ring (bicyclic) bond motifs is 1. The lowest BCUT2D eigenvalue weighted by Crippen LogP contribution is -2.34. The molecule has 3 rings (SSSR count). The molecule has 0 saturated heterocycles. The fourth-order valence-corrected chi connectivity index (χ4v) is 2.94. The fourth-order valence-electron chi connectivity index (χ4n) is 2.37. The molecule has 0 aliphatic rings. The second-order valence-corrected chi connectivity index (χ2v) is 6.11. The number of hydrogen-bond acceptors (Lipinski definition) is 3. The van der Waals surface area contributed by atoms with Crippen LogP contribution in [0.5, 0.6) is 0 Å². The Labute approximate surface area is 149 Å². The molecule has 2 heterocycles. The van der Waals surface area contributed by atoms with Crippen LogP contribution in [0.3, 0.4) is 0 Å². The van der Waals surface area contributed by atoms with E-state index >= 15 is 0 Å². The Kier molecular flexibility index (Phi) is 4.87. The molecule has 0 radical (unpaired) electrons. The molecule has 0 bridgehead atoms. The average Bonchev–Trinajstić information content (AvgIpc) is 3.01. The molecule has 1 aromatic carbocycles. The van der Waals surface area contributed by atoms with Gasteiger partial charge in [0.2, 0.25) is 0 Å². The van der Waals surface area contributed by atoms with Crippen molar-refractivity contribution in [3.05, 3.63) is 64.0 Å². The third kappa shape index (κ3) is 3.60. The van der Waals surface area contributed by atoms with Crippen LogP contribution in [-0.4, -0.2) is 20.6 Å². The Balaban J connectivity index is 1.71. The summed E-state index contributed by atoms with van der Waals surface area (Å²) in [6.07, 6.45) is 3.42. The van der Waals surface area contributed by atoms with E-state index in [0.717, 1.165) is 16.9 Å². The molecule has 1 atom stereocenters. The molecule has 2 aromatic heterocycles. The van der Waals surface area contributed by atoms with Crippen LogP contribution in [-0.2, 0) is 6.54 Å². The topological polar surface area (TPSA) is 80.6 Å². The molecular formula is C16H16Cl2N6. The summed E-state index contributed by atoms with van der Waals surface area (Å²) in [6.45, 7) is 2.34. The normalized spacial score (nSPS) is 13.2. The van der Waals surface area contributed by atoms with E-state index in [9.17, 15) is 0 Å². The Morgan fingerprint density at radius 3 is 2.92 bits per heavy atom. The molecular weight excluding hydrogens is 347 g/mol. The first kappa shape index (κ1) is 16.5. The number of aliphatic imine (C=N–C) groups is 1. The van der Waals surface area contributed by atoms with Crippen molar-refractivity contribution in [3.63, 3.8) is 0 Å². The number of halogens is 2. The summed E-state index contributed by atoms with van der Waals surface area (Å²) in [6, 6.07) is 8.96. The Hall–Kier alpha value is -2.31. The Bertz CT molecular complexity index is 889. The van der Waals surface area contributed by atoms with Gasteiger partial charge in [-0.1, -0.05) is 29.3 Å². The second kappa shape index (κ2) is 7.07. The lowest BCUT2D eigenvalue weighted by molar-refractivity contribution is 0.706. The van der Waals surface area contributed by atoms with E-state index in [1.807, 2.05) is 25.1 Å². The maximum atomic E-state index is 6.21. The first-order valence-corrected chi connectivity index (χ1v) is 8.09. The SMILES string of the molecule is CC(NC(N)=NCc1ccnc2ccnn12)c1ccc(Cl)cc1Cl. The van der Waals surface area contributed by atoms with Gasteiger partial charge in [-0.15, -0.1) is 0 Å². The molecule has 124 valence electrons. The summed E-state index contributed by atoms with van der Waals surface area (Å²) in [5.41, 5.74) is 8.55. The van der Waals surface area contributed by atoms with E-state index in [0.29, 0.717) is 22.5 Å². The van der Waals surface area contributed by atoms with Crippen LogP contribution in [0.4, 0.5) is 0 Å². The maximum Gasteiger partial charge on any atom is 0.189 e. The molecule has 0 saturated carbocycles. The van der Waals surface area contributed by atoms with E-state index in [4.69, 9.17) is 28.9 Å². The van der Waals surface area contributed by atoms with Gasteiger partial charge in [0, 0.05) is 22.3 Å². The molecule has 0 aliphatic heterocycles. The van der Waals surface area contributed by atoms with Crippen LogP contribution in [0.2, 0.25) is 10.0 Å².